The fourth-order valence-corrected chi connectivity index (χ4v) is 3.07. The van der Waals surface area contributed by atoms with Crippen LogP contribution < -0.4 is 10.1 Å². The van der Waals surface area contributed by atoms with Crippen LogP contribution in [0.3, 0.4) is 0 Å². The van der Waals surface area contributed by atoms with Crippen LogP contribution in [-0.2, 0) is 13.1 Å². The normalized spacial score (nSPS) is 10.7. The monoisotopic (exact) mass is 368 g/mol. The van der Waals surface area contributed by atoms with Crippen molar-refractivity contribution in [3.05, 3.63) is 57.2 Å². The van der Waals surface area contributed by atoms with E-state index in [1.54, 1.807) is 23.3 Å². The lowest BCUT2D eigenvalue weighted by atomic mass is 10.3. The van der Waals surface area contributed by atoms with Gasteiger partial charge in [-0.25, -0.2) is 4.98 Å². The van der Waals surface area contributed by atoms with Gasteiger partial charge < -0.3 is 10.1 Å². The van der Waals surface area contributed by atoms with Crippen molar-refractivity contribution in [2.45, 2.75) is 13.1 Å². The molecule has 3 rings (SSSR count). The Labute approximate surface area is 147 Å². The van der Waals surface area contributed by atoms with Gasteiger partial charge in [0.1, 0.15) is 12.4 Å². The van der Waals surface area contributed by atoms with Crippen molar-refractivity contribution in [3.8, 4) is 5.75 Å². The van der Waals surface area contributed by atoms with Crippen LogP contribution in [0.25, 0.3) is 0 Å². The van der Waals surface area contributed by atoms with Crippen LogP contribution in [0.2, 0.25) is 9.49 Å². The first-order chi connectivity index (χ1) is 11.2. The molecule has 0 bridgehead atoms. The maximum Gasteiger partial charge on any atom is 0.183 e. The minimum absolute atomic E-state index is 0.503. The topological polar surface area (TPSA) is 52.0 Å². The van der Waals surface area contributed by atoms with E-state index in [0.29, 0.717) is 29.2 Å². The summed E-state index contributed by atoms with van der Waals surface area (Å²) in [6, 6.07) is 7.80. The third-order valence-electron chi connectivity index (χ3n) is 3.05. The number of hydrogen-bond acceptors (Lipinski definition) is 5. The summed E-state index contributed by atoms with van der Waals surface area (Å²) >= 11 is 13.1. The molecule has 0 radical (unpaired) electrons. The van der Waals surface area contributed by atoms with Crippen molar-refractivity contribution in [2.24, 2.45) is 0 Å². The van der Waals surface area contributed by atoms with Crippen LogP contribution in [0, 0.1) is 0 Å². The van der Waals surface area contributed by atoms with E-state index in [4.69, 9.17) is 27.9 Å². The highest BCUT2D eigenvalue weighted by atomic mass is 35.5. The van der Waals surface area contributed by atoms with Crippen molar-refractivity contribution >= 4 is 40.2 Å². The predicted octanol–water partition coefficient (Wildman–Crippen LogP) is 4.34. The number of nitrogens with zero attached hydrogens (tertiary/aromatic N) is 3. The molecule has 0 aliphatic heterocycles. The molecule has 0 aliphatic rings. The Morgan fingerprint density at radius 1 is 1.22 bits per heavy atom. The van der Waals surface area contributed by atoms with Crippen LogP contribution in [-0.4, -0.2) is 21.4 Å². The summed E-state index contributed by atoms with van der Waals surface area (Å²) in [6.45, 7) is 1.79. The lowest BCUT2D eigenvalue weighted by molar-refractivity contribution is 0.292. The summed E-state index contributed by atoms with van der Waals surface area (Å²) in [5.74, 6) is 0.793. The number of benzene rings is 1. The molecular formula is C15H14Cl2N4OS. The van der Waals surface area contributed by atoms with Crippen LogP contribution in [0.15, 0.2) is 42.9 Å². The largest absolute Gasteiger partial charge is 0.489 e. The van der Waals surface area contributed by atoms with Gasteiger partial charge in [-0.3, -0.25) is 4.68 Å². The Bertz CT molecular complexity index is 774. The molecule has 0 atom stereocenters. The van der Waals surface area contributed by atoms with Gasteiger partial charge >= 0.3 is 0 Å². The second-order valence-corrected chi connectivity index (χ2v) is 6.83. The lowest BCUT2D eigenvalue weighted by Crippen LogP contribution is -2.09. The number of anilines is 1. The summed E-state index contributed by atoms with van der Waals surface area (Å²) in [4.78, 5) is 5.09. The smallest absolute Gasteiger partial charge is 0.183 e. The van der Waals surface area contributed by atoms with Crippen molar-refractivity contribution < 1.29 is 4.74 Å². The van der Waals surface area contributed by atoms with E-state index in [2.05, 4.69) is 15.4 Å². The number of ether oxygens (including phenoxy) is 1. The van der Waals surface area contributed by atoms with E-state index >= 15 is 0 Å². The third-order valence-corrected chi connectivity index (χ3v) is 4.36. The second kappa shape index (κ2) is 7.68. The summed E-state index contributed by atoms with van der Waals surface area (Å²) in [5, 5.41) is 8.08. The van der Waals surface area contributed by atoms with Gasteiger partial charge in [-0.1, -0.05) is 35.3 Å². The van der Waals surface area contributed by atoms with Crippen LogP contribution in [0.1, 0.15) is 4.88 Å². The van der Waals surface area contributed by atoms with Crippen molar-refractivity contribution in [2.75, 3.05) is 11.9 Å². The van der Waals surface area contributed by atoms with E-state index in [1.807, 2.05) is 24.3 Å². The highest BCUT2D eigenvalue weighted by molar-refractivity contribution is 7.15. The second-order valence-electron chi connectivity index (χ2n) is 4.70. The average molecular weight is 369 g/mol. The minimum Gasteiger partial charge on any atom is -0.489 e. The molecule has 3 aromatic rings. The Balaban J connectivity index is 1.56. The van der Waals surface area contributed by atoms with Gasteiger partial charge in [0, 0.05) is 17.3 Å². The van der Waals surface area contributed by atoms with Gasteiger partial charge in [-0.2, -0.15) is 5.10 Å². The summed E-state index contributed by atoms with van der Waals surface area (Å²) < 4.78 is 8.13. The number of hydrogen-bond donors (Lipinski definition) is 1. The van der Waals surface area contributed by atoms with Crippen LogP contribution >= 0.6 is 34.5 Å². The van der Waals surface area contributed by atoms with E-state index in [1.165, 1.54) is 11.3 Å². The Morgan fingerprint density at radius 3 is 2.83 bits per heavy atom. The van der Waals surface area contributed by atoms with Crippen molar-refractivity contribution in [1.82, 2.24) is 14.8 Å². The lowest BCUT2D eigenvalue weighted by Gasteiger charge is -2.12. The third kappa shape index (κ3) is 4.60. The molecule has 8 heteroatoms. The molecule has 23 heavy (non-hydrogen) atoms. The van der Waals surface area contributed by atoms with Gasteiger partial charge in [-0.05, 0) is 12.1 Å². The summed E-state index contributed by atoms with van der Waals surface area (Å²) in [5.41, 5.74) is 0.926. The number of aromatic nitrogens is 3. The van der Waals surface area contributed by atoms with E-state index in [0.717, 1.165) is 16.3 Å². The average Bonchev–Trinajstić information content (AvgIpc) is 3.15. The SMILES string of the molecule is Clc1cnn(CCOc2ccccc2NCc2cnc(Cl)s2)c1. The molecule has 2 heterocycles. The molecule has 0 unspecified atom stereocenters. The van der Waals surface area contributed by atoms with E-state index < -0.39 is 0 Å². The Kier molecular flexibility index (Phi) is 5.38. The zero-order valence-electron chi connectivity index (χ0n) is 12.1. The zero-order chi connectivity index (χ0) is 16.1. The van der Waals surface area contributed by atoms with Gasteiger partial charge in [-0.15, -0.1) is 11.3 Å². The summed E-state index contributed by atoms with van der Waals surface area (Å²) in [6.07, 6.45) is 5.14. The molecule has 0 saturated heterocycles. The molecule has 0 amide bonds. The number of halogens is 2. The van der Waals surface area contributed by atoms with Gasteiger partial charge in [0.05, 0.1) is 30.0 Å². The quantitative estimate of drug-likeness (QED) is 0.673. The molecule has 5 nitrogen and oxygen atoms in total. The maximum atomic E-state index is 5.84. The first-order valence-corrected chi connectivity index (χ1v) is 8.52. The molecule has 2 aromatic heterocycles. The van der Waals surface area contributed by atoms with Gasteiger partial charge in [0.25, 0.3) is 0 Å². The molecular weight excluding hydrogens is 355 g/mol. The fourth-order valence-electron chi connectivity index (χ4n) is 2.00. The molecule has 0 saturated carbocycles. The molecule has 120 valence electrons. The van der Waals surface area contributed by atoms with Crippen molar-refractivity contribution in [1.29, 1.82) is 0 Å². The van der Waals surface area contributed by atoms with Crippen molar-refractivity contribution in [3.63, 3.8) is 0 Å². The van der Waals surface area contributed by atoms with E-state index in [-0.39, 0.29) is 0 Å². The summed E-state index contributed by atoms with van der Waals surface area (Å²) in [7, 11) is 0. The molecule has 0 spiro atoms. The molecule has 0 aliphatic carbocycles. The first kappa shape index (κ1) is 16.1. The first-order valence-electron chi connectivity index (χ1n) is 6.94. The molecule has 0 fully saturated rings. The van der Waals surface area contributed by atoms with Gasteiger partial charge in [0.15, 0.2) is 4.47 Å². The molecule has 1 N–H and O–H groups in total. The Hall–Kier alpha value is -1.76. The number of thiazole rings is 1. The Morgan fingerprint density at radius 2 is 2.09 bits per heavy atom. The molecule has 1 aromatic carbocycles. The maximum absolute atomic E-state index is 5.84. The van der Waals surface area contributed by atoms with Crippen LogP contribution in [0.4, 0.5) is 5.69 Å². The van der Waals surface area contributed by atoms with E-state index in [9.17, 15) is 0 Å². The fraction of sp³-hybridized carbons (Fsp3) is 0.200. The number of rotatable bonds is 7. The van der Waals surface area contributed by atoms with Gasteiger partial charge in [0.2, 0.25) is 0 Å². The highest BCUT2D eigenvalue weighted by Crippen LogP contribution is 2.25. The minimum atomic E-state index is 0.503. The number of nitrogens with one attached hydrogen (secondary N) is 1. The highest BCUT2D eigenvalue weighted by Gasteiger charge is 2.05. The predicted molar refractivity (Wildman–Crippen MR) is 93.6 cm³/mol. The zero-order valence-corrected chi connectivity index (χ0v) is 14.4. The number of para-hydroxylation sites is 2. The van der Waals surface area contributed by atoms with Crippen LogP contribution in [0.5, 0.6) is 5.75 Å². The standard InChI is InChI=1S/C15H14Cl2N4OS/c16-11-7-20-21(10-11)5-6-22-14-4-2-1-3-13(14)18-8-12-9-19-15(17)23-12/h1-4,7,9-10,18H,5-6,8H2.